The number of carboxylic acids is 1. The summed E-state index contributed by atoms with van der Waals surface area (Å²) in [6, 6.07) is 33.5. The van der Waals surface area contributed by atoms with E-state index < -0.39 is 5.97 Å². The second-order valence-corrected chi connectivity index (χ2v) is 7.18. The Morgan fingerprint density at radius 1 is 0.710 bits per heavy atom. The summed E-state index contributed by atoms with van der Waals surface area (Å²) in [6.45, 7) is 3.67. The largest absolute Gasteiger partial charge is 0.478 e. The maximum absolute atomic E-state index is 11.1. The first-order valence-corrected chi connectivity index (χ1v) is 10.0. The molecule has 0 amide bonds. The molecule has 1 aliphatic rings. The molecule has 0 fully saturated rings. The Kier molecular flexibility index (Phi) is 5.95. The van der Waals surface area contributed by atoms with E-state index in [2.05, 4.69) is 18.7 Å². The Morgan fingerprint density at radius 2 is 1.26 bits per heavy atom. The Hall–Kier alpha value is -4.11. The zero-order chi connectivity index (χ0) is 21.6. The van der Waals surface area contributed by atoms with Gasteiger partial charge in [0.25, 0.3) is 0 Å². The van der Waals surface area contributed by atoms with Gasteiger partial charge in [0, 0.05) is 0 Å². The van der Waals surface area contributed by atoms with Crippen LogP contribution < -0.4 is 4.74 Å². The molecule has 0 saturated carbocycles. The zero-order valence-electron chi connectivity index (χ0n) is 17.0. The van der Waals surface area contributed by atoms with E-state index in [4.69, 9.17) is 9.84 Å². The minimum atomic E-state index is -0.959. The molecule has 5 rings (SSSR count). The normalized spacial score (nSPS) is 10.8. The lowest BCUT2D eigenvalue weighted by atomic mass is 9.96. The molecule has 1 N–H and O–H groups in total. The van der Waals surface area contributed by atoms with Crippen LogP contribution in [0.15, 0.2) is 110 Å². The lowest BCUT2D eigenvalue weighted by Gasteiger charge is -2.07. The number of benzene rings is 4. The van der Waals surface area contributed by atoms with Gasteiger partial charge in [0.15, 0.2) is 0 Å². The predicted octanol–water partition coefficient (Wildman–Crippen LogP) is 6.83. The minimum Gasteiger partial charge on any atom is -0.478 e. The van der Waals surface area contributed by atoms with Crippen molar-refractivity contribution in [3.63, 3.8) is 0 Å². The van der Waals surface area contributed by atoms with Crippen LogP contribution in [-0.4, -0.2) is 11.1 Å². The van der Waals surface area contributed by atoms with Gasteiger partial charge in [-0.1, -0.05) is 85.4 Å². The maximum Gasteiger partial charge on any atom is 0.335 e. The van der Waals surface area contributed by atoms with Gasteiger partial charge >= 0.3 is 5.97 Å². The molecule has 0 bridgehead atoms. The average Bonchev–Trinajstić information content (AvgIpc) is 3.19. The standard InChI is InChI=1S/C16H12O2.C12H10O/c1-10(16(17)18)12-7-4-8-14-13-6-3-2-5-11(13)9-15(12)14;1-3-7-11(8-4-1)13-12-9-5-2-6-10-12/h2-8H,1,9H2,(H,17,18);1-10H. The number of ether oxygens (including phenoxy) is 1. The highest BCUT2D eigenvalue weighted by atomic mass is 16.5. The quantitative estimate of drug-likeness (QED) is 0.333. The molecule has 3 heteroatoms. The predicted molar refractivity (Wildman–Crippen MR) is 124 cm³/mol. The minimum absolute atomic E-state index is 0.166. The second kappa shape index (κ2) is 9.14. The number of hydrogen-bond donors (Lipinski definition) is 1. The van der Waals surface area contributed by atoms with Crippen molar-refractivity contribution >= 4 is 11.5 Å². The van der Waals surface area contributed by atoms with Crippen molar-refractivity contribution in [2.24, 2.45) is 0 Å². The molecular formula is C28H22O3. The van der Waals surface area contributed by atoms with Crippen LogP contribution in [0.5, 0.6) is 11.5 Å². The van der Waals surface area contributed by atoms with E-state index in [0.717, 1.165) is 34.6 Å². The molecule has 0 radical (unpaired) electrons. The van der Waals surface area contributed by atoms with Gasteiger partial charge in [-0.15, -0.1) is 0 Å². The van der Waals surface area contributed by atoms with Gasteiger partial charge in [0.2, 0.25) is 0 Å². The lowest BCUT2D eigenvalue weighted by Crippen LogP contribution is -2.01. The average molecular weight is 406 g/mol. The van der Waals surface area contributed by atoms with Crippen LogP contribution in [0.3, 0.4) is 0 Å². The topological polar surface area (TPSA) is 46.5 Å². The third-order valence-electron chi connectivity index (χ3n) is 5.16. The summed E-state index contributed by atoms with van der Waals surface area (Å²) >= 11 is 0. The van der Waals surface area contributed by atoms with Crippen molar-refractivity contribution in [2.75, 3.05) is 0 Å². The molecule has 31 heavy (non-hydrogen) atoms. The fourth-order valence-electron chi connectivity index (χ4n) is 3.67. The van der Waals surface area contributed by atoms with Crippen LogP contribution in [0.4, 0.5) is 0 Å². The van der Waals surface area contributed by atoms with Crippen molar-refractivity contribution < 1.29 is 14.6 Å². The summed E-state index contributed by atoms with van der Waals surface area (Å²) < 4.78 is 5.58. The fourth-order valence-corrected chi connectivity index (χ4v) is 3.67. The SMILES string of the molecule is C=C(C(=O)O)c1cccc2c1Cc1ccccc1-2.c1ccc(Oc2ccccc2)cc1. The third kappa shape index (κ3) is 4.57. The number of para-hydroxylation sites is 2. The zero-order valence-corrected chi connectivity index (χ0v) is 17.0. The van der Waals surface area contributed by atoms with Gasteiger partial charge < -0.3 is 9.84 Å². The monoisotopic (exact) mass is 406 g/mol. The first kappa shape index (κ1) is 20.2. The van der Waals surface area contributed by atoms with Crippen molar-refractivity contribution in [3.05, 3.63) is 126 Å². The summed E-state index contributed by atoms with van der Waals surface area (Å²) in [5, 5.41) is 9.08. The summed E-state index contributed by atoms with van der Waals surface area (Å²) in [5.74, 6) is 0.779. The van der Waals surface area contributed by atoms with E-state index in [-0.39, 0.29) is 5.57 Å². The van der Waals surface area contributed by atoms with E-state index in [1.807, 2.05) is 91.0 Å². The molecule has 0 heterocycles. The molecule has 0 saturated heterocycles. The Bertz CT molecular complexity index is 1170. The number of hydrogen-bond acceptors (Lipinski definition) is 2. The molecule has 3 nitrogen and oxygen atoms in total. The molecule has 1 aliphatic carbocycles. The van der Waals surface area contributed by atoms with Crippen molar-refractivity contribution in [1.29, 1.82) is 0 Å². The highest BCUT2D eigenvalue weighted by Crippen LogP contribution is 2.39. The van der Waals surface area contributed by atoms with E-state index in [0.29, 0.717) is 0 Å². The molecule has 0 unspecified atom stereocenters. The van der Waals surface area contributed by atoms with Crippen molar-refractivity contribution in [1.82, 2.24) is 0 Å². The molecule has 0 aromatic heterocycles. The molecule has 0 spiro atoms. The second-order valence-electron chi connectivity index (χ2n) is 7.18. The number of rotatable bonds is 4. The molecule has 4 aromatic rings. The first-order chi connectivity index (χ1) is 15.1. The first-order valence-electron chi connectivity index (χ1n) is 10.0. The molecular weight excluding hydrogens is 384 g/mol. The van der Waals surface area contributed by atoms with E-state index in [9.17, 15) is 4.79 Å². The van der Waals surface area contributed by atoms with E-state index in [1.165, 1.54) is 11.1 Å². The van der Waals surface area contributed by atoms with Gasteiger partial charge in [0.05, 0.1) is 5.57 Å². The fraction of sp³-hybridized carbons (Fsp3) is 0.0357. The highest BCUT2D eigenvalue weighted by molar-refractivity contribution is 6.15. The maximum atomic E-state index is 11.1. The Morgan fingerprint density at radius 3 is 1.87 bits per heavy atom. The van der Waals surface area contributed by atoms with E-state index >= 15 is 0 Å². The Balaban J connectivity index is 0.000000158. The summed E-state index contributed by atoms with van der Waals surface area (Å²) in [4.78, 5) is 11.1. The van der Waals surface area contributed by atoms with Crippen molar-refractivity contribution in [3.8, 4) is 22.6 Å². The van der Waals surface area contributed by atoms with Crippen LogP contribution in [0, 0.1) is 0 Å². The lowest BCUT2D eigenvalue weighted by molar-refractivity contribution is -0.130. The molecule has 152 valence electrons. The van der Waals surface area contributed by atoms with Gasteiger partial charge in [-0.3, -0.25) is 0 Å². The number of carboxylic acid groups (broad SMARTS) is 1. The highest BCUT2D eigenvalue weighted by Gasteiger charge is 2.22. The van der Waals surface area contributed by atoms with Crippen LogP contribution in [0.2, 0.25) is 0 Å². The summed E-state index contributed by atoms with van der Waals surface area (Å²) in [5.41, 5.74) is 5.57. The number of carbonyl (C=O) groups is 1. The van der Waals surface area contributed by atoms with Crippen LogP contribution in [0.25, 0.3) is 16.7 Å². The summed E-state index contributed by atoms with van der Waals surface area (Å²) in [7, 11) is 0. The van der Waals surface area contributed by atoms with E-state index in [1.54, 1.807) is 0 Å². The van der Waals surface area contributed by atoms with Crippen LogP contribution >= 0.6 is 0 Å². The Labute approximate surface area is 181 Å². The number of fused-ring (bicyclic) bond motifs is 3. The van der Waals surface area contributed by atoms with Crippen molar-refractivity contribution in [2.45, 2.75) is 6.42 Å². The molecule has 0 aliphatic heterocycles. The molecule has 0 atom stereocenters. The smallest absolute Gasteiger partial charge is 0.335 e. The molecule has 4 aromatic carbocycles. The van der Waals surface area contributed by atoms with Crippen LogP contribution in [-0.2, 0) is 11.2 Å². The third-order valence-corrected chi connectivity index (χ3v) is 5.16. The van der Waals surface area contributed by atoms with Gasteiger partial charge in [-0.25, -0.2) is 4.79 Å². The summed E-state index contributed by atoms with van der Waals surface area (Å²) in [6.07, 6.45) is 0.786. The van der Waals surface area contributed by atoms with Gasteiger partial charge in [0.1, 0.15) is 11.5 Å². The number of aliphatic carboxylic acids is 1. The van der Waals surface area contributed by atoms with Gasteiger partial charge in [-0.2, -0.15) is 0 Å². The van der Waals surface area contributed by atoms with Gasteiger partial charge in [-0.05, 0) is 58.5 Å². The van der Waals surface area contributed by atoms with Crippen LogP contribution in [0.1, 0.15) is 16.7 Å².